The molecule has 9 heteroatoms. The fraction of sp³-hybridized carbons (Fsp3) is 0.174. The van der Waals surface area contributed by atoms with Crippen LogP contribution < -0.4 is 19.6 Å². The molecule has 0 radical (unpaired) electrons. The number of thiazole rings is 1. The lowest BCUT2D eigenvalue weighted by Crippen LogP contribution is -2.39. The van der Waals surface area contributed by atoms with E-state index in [0.29, 0.717) is 21.8 Å². The molecule has 2 heterocycles. The molecule has 32 heavy (non-hydrogen) atoms. The molecule has 0 aliphatic carbocycles. The van der Waals surface area contributed by atoms with Crippen LogP contribution in [0.1, 0.15) is 24.1 Å². The smallest absolute Gasteiger partial charge is 0.338 e. The minimum absolute atomic E-state index is 0.115. The monoisotopic (exact) mass is 472 g/mol. The number of hydrogen-bond donors (Lipinski definition) is 0. The van der Waals surface area contributed by atoms with E-state index >= 15 is 0 Å². The number of aromatic nitrogens is 1. The van der Waals surface area contributed by atoms with Crippen molar-refractivity contribution >= 4 is 35.0 Å². The van der Waals surface area contributed by atoms with Crippen molar-refractivity contribution in [3.63, 3.8) is 0 Å². The van der Waals surface area contributed by atoms with Gasteiger partial charge in [0.05, 0.1) is 41.1 Å². The van der Waals surface area contributed by atoms with E-state index in [2.05, 4.69) is 4.99 Å². The van der Waals surface area contributed by atoms with Gasteiger partial charge in [-0.05, 0) is 42.8 Å². The summed E-state index contributed by atoms with van der Waals surface area (Å²) < 4.78 is 26.2. The van der Waals surface area contributed by atoms with Crippen LogP contribution in [-0.4, -0.2) is 24.8 Å². The van der Waals surface area contributed by atoms with Crippen LogP contribution in [0.2, 0.25) is 5.02 Å². The summed E-state index contributed by atoms with van der Waals surface area (Å²) in [6.45, 7) is 1.69. The van der Waals surface area contributed by atoms with E-state index in [-0.39, 0.29) is 20.7 Å². The number of esters is 1. The van der Waals surface area contributed by atoms with E-state index in [0.717, 1.165) is 11.3 Å². The quantitative estimate of drug-likeness (QED) is 0.547. The minimum atomic E-state index is -0.761. The fourth-order valence-corrected chi connectivity index (χ4v) is 4.82. The van der Waals surface area contributed by atoms with E-state index in [4.69, 9.17) is 21.1 Å². The maximum atomic E-state index is 14.3. The number of rotatable bonds is 4. The molecule has 3 aromatic rings. The first-order chi connectivity index (χ1) is 15.3. The molecular formula is C23H18ClFN2O4S. The highest BCUT2D eigenvalue weighted by Crippen LogP contribution is 2.31. The number of hydrogen-bond acceptors (Lipinski definition) is 6. The van der Waals surface area contributed by atoms with E-state index < -0.39 is 23.4 Å². The van der Waals surface area contributed by atoms with Crippen molar-refractivity contribution in [2.24, 2.45) is 4.99 Å². The Labute approximate surface area is 191 Å². The number of nitrogens with zero attached hydrogens (tertiary/aromatic N) is 2. The van der Waals surface area contributed by atoms with Gasteiger partial charge in [-0.3, -0.25) is 9.36 Å². The highest BCUT2D eigenvalue weighted by Gasteiger charge is 2.33. The molecular weight excluding hydrogens is 455 g/mol. The van der Waals surface area contributed by atoms with Gasteiger partial charge in [-0.25, -0.2) is 14.2 Å². The summed E-state index contributed by atoms with van der Waals surface area (Å²) in [6, 6.07) is 10.6. The van der Waals surface area contributed by atoms with Crippen LogP contribution in [0.15, 0.2) is 63.5 Å². The van der Waals surface area contributed by atoms with Crippen LogP contribution in [0.25, 0.3) is 6.08 Å². The summed E-state index contributed by atoms with van der Waals surface area (Å²) >= 11 is 7.24. The van der Waals surface area contributed by atoms with Gasteiger partial charge in [-0.2, -0.15) is 0 Å². The van der Waals surface area contributed by atoms with Crippen molar-refractivity contribution < 1.29 is 18.7 Å². The molecule has 1 aliphatic rings. The molecule has 0 unspecified atom stereocenters. The van der Waals surface area contributed by atoms with E-state index in [9.17, 15) is 14.0 Å². The number of carbonyl (C=O) groups excluding carboxylic acids is 1. The molecule has 6 nitrogen and oxygen atoms in total. The molecule has 0 amide bonds. The zero-order valence-electron chi connectivity index (χ0n) is 17.4. The Kier molecular flexibility index (Phi) is 5.99. The highest BCUT2D eigenvalue weighted by molar-refractivity contribution is 7.07. The van der Waals surface area contributed by atoms with Crippen LogP contribution in [0, 0.1) is 5.82 Å². The molecule has 0 fully saturated rings. The van der Waals surface area contributed by atoms with Crippen molar-refractivity contribution in [1.82, 2.24) is 4.57 Å². The van der Waals surface area contributed by atoms with Gasteiger partial charge in [0.15, 0.2) is 4.80 Å². The molecule has 1 aliphatic heterocycles. The molecule has 1 atom stereocenters. The minimum Gasteiger partial charge on any atom is -0.497 e. The third-order valence-electron chi connectivity index (χ3n) is 5.13. The fourth-order valence-electron chi connectivity index (χ4n) is 3.57. The second kappa shape index (κ2) is 8.72. The number of carbonyl (C=O) groups is 1. The number of benzene rings is 2. The summed E-state index contributed by atoms with van der Waals surface area (Å²) in [6.07, 6.45) is 1.41. The van der Waals surface area contributed by atoms with Gasteiger partial charge in [0.25, 0.3) is 5.56 Å². The first-order valence-corrected chi connectivity index (χ1v) is 10.7. The zero-order valence-corrected chi connectivity index (χ0v) is 19.0. The molecule has 0 bridgehead atoms. The highest BCUT2D eigenvalue weighted by atomic mass is 35.5. The number of fused-ring (bicyclic) bond motifs is 1. The van der Waals surface area contributed by atoms with Crippen LogP contribution in [0.4, 0.5) is 4.39 Å². The summed E-state index contributed by atoms with van der Waals surface area (Å²) in [4.78, 5) is 30.9. The van der Waals surface area contributed by atoms with Gasteiger partial charge >= 0.3 is 5.97 Å². The molecule has 0 spiro atoms. The molecule has 0 saturated heterocycles. The Morgan fingerprint density at radius 2 is 1.94 bits per heavy atom. The van der Waals surface area contributed by atoms with Gasteiger partial charge in [0.1, 0.15) is 11.6 Å². The average Bonchev–Trinajstić information content (AvgIpc) is 3.09. The number of ether oxygens (including phenoxy) is 2. The number of methoxy groups -OCH3 is 2. The summed E-state index contributed by atoms with van der Waals surface area (Å²) in [5, 5.41) is 0.189. The first-order valence-electron chi connectivity index (χ1n) is 9.54. The molecule has 0 N–H and O–H groups in total. The normalized spacial score (nSPS) is 15.9. The Bertz CT molecular complexity index is 1400. The van der Waals surface area contributed by atoms with Crippen LogP contribution in [0.5, 0.6) is 5.75 Å². The predicted octanol–water partition coefficient (Wildman–Crippen LogP) is 3.21. The lowest BCUT2D eigenvalue weighted by molar-refractivity contribution is -0.136. The second-order valence-electron chi connectivity index (χ2n) is 6.98. The SMILES string of the molecule is COC(=O)C1=C(C)N=c2sc(=Cc3c(F)cccc3Cl)c(=O)n2[C@H]1c1ccc(OC)cc1. The lowest BCUT2D eigenvalue weighted by atomic mass is 9.96. The van der Waals surface area contributed by atoms with Gasteiger partial charge in [-0.1, -0.05) is 41.1 Å². The molecule has 2 aromatic carbocycles. The van der Waals surface area contributed by atoms with E-state index in [1.54, 1.807) is 44.4 Å². The standard InChI is InChI=1S/C23H18ClFN2O4S/c1-12-19(22(29)31-3)20(13-7-9-14(30-2)10-8-13)27-21(28)18(32-23(27)26-12)11-15-16(24)5-4-6-17(15)25/h4-11,20H,1-3H3/t20-/m0/s1. The molecule has 0 saturated carbocycles. The van der Waals surface area contributed by atoms with Gasteiger partial charge in [0.2, 0.25) is 0 Å². The van der Waals surface area contributed by atoms with E-state index in [1.165, 1.54) is 29.9 Å². The maximum Gasteiger partial charge on any atom is 0.338 e. The molecule has 1 aromatic heterocycles. The van der Waals surface area contributed by atoms with Gasteiger partial charge in [0, 0.05) is 5.56 Å². The Balaban J connectivity index is 1.99. The lowest BCUT2D eigenvalue weighted by Gasteiger charge is -2.24. The predicted molar refractivity (Wildman–Crippen MR) is 120 cm³/mol. The summed E-state index contributed by atoms with van der Waals surface area (Å²) in [5.41, 5.74) is 1.07. The maximum absolute atomic E-state index is 14.3. The van der Waals surface area contributed by atoms with Crippen molar-refractivity contribution in [2.75, 3.05) is 14.2 Å². The Morgan fingerprint density at radius 1 is 1.22 bits per heavy atom. The largest absolute Gasteiger partial charge is 0.497 e. The van der Waals surface area contributed by atoms with Crippen molar-refractivity contribution in [3.05, 3.63) is 95.4 Å². The topological polar surface area (TPSA) is 69.9 Å². The Morgan fingerprint density at radius 3 is 2.56 bits per heavy atom. The van der Waals surface area contributed by atoms with Crippen molar-refractivity contribution in [3.8, 4) is 5.75 Å². The van der Waals surface area contributed by atoms with Gasteiger partial charge in [-0.15, -0.1) is 0 Å². The summed E-state index contributed by atoms with van der Waals surface area (Å²) in [5.74, 6) is -0.490. The van der Waals surface area contributed by atoms with Gasteiger partial charge < -0.3 is 9.47 Å². The van der Waals surface area contributed by atoms with Crippen LogP contribution >= 0.6 is 22.9 Å². The van der Waals surface area contributed by atoms with Crippen molar-refractivity contribution in [1.29, 1.82) is 0 Å². The average molecular weight is 473 g/mol. The van der Waals surface area contributed by atoms with E-state index in [1.807, 2.05) is 0 Å². The van der Waals surface area contributed by atoms with Crippen LogP contribution in [0.3, 0.4) is 0 Å². The Hall–Kier alpha value is -3.23. The van der Waals surface area contributed by atoms with Crippen molar-refractivity contribution in [2.45, 2.75) is 13.0 Å². The zero-order chi connectivity index (χ0) is 23.0. The third-order valence-corrected chi connectivity index (χ3v) is 6.45. The first kappa shape index (κ1) is 22.0. The third kappa shape index (κ3) is 3.76. The molecule has 4 rings (SSSR count). The number of halogens is 2. The summed E-state index contributed by atoms with van der Waals surface area (Å²) in [7, 11) is 2.83. The van der Waals surface area contributed by atoms with Crippen LogP contribution in [-0.2, 0) is 9.53 Å². The molecule has 164 valence electrons. The number of allylic oxidation sites excluding steroid dienone is 1. The second-order valence-corrected chi connectivity index (χ2v) is 8.40.